The molecule has 3 saturated heterocycles. The maximum atomic E-state index is 14.2. The van der Waals surface area contributed by atoms with Gasteiger partial charge in [-0.3, -0.25) is 4.99 Å². The Morgan fingerprint density at radius 1 is 0.602 bits per heavy atom. The minimum absolute atomic E-state index is 0.167. The van der Waals surface area contributed by atoms with Gasteiger partial charge in [0, 0.05) is 45.4 Å². The van der Waals surface area contributed by atoms with Crippen LogP contribution >= 0.6 is 31.9 Å². The van der Waals surface area contributed by atoms with Gasteiger partial charge in [0.15, 0.2) is 0 Å². The van der Waals surface area contributed by atoms with Crippen LogP contribution in [-0.4, -0.2) is 105 Å². The molecule has 6 heterocycles. The molecule has 0 spiro atoms. The van der Waals surface area contributed by atoms with E-state index >= 15 is 0 Å². The number of hydrogen-bond acceptors (Lipinski definition) is 11. The molecule has 0 radical (unpaired) electrons. The summed E-state index contributed by atoms with van der Waals surface area (Å²) in [6.07, 6.45) is 15.8. The zero-order valence-electron chi connectivity index (χ0n) is 49.7. The fourth-order valence-electron chi connectivity index (χ4n) is 9.89. The van der Waals surface area contributed by atoms with E-state index in [9.17, 15) is 18.3 Å². The van der Waals surface area contributed by atoms with Crippen molar-refractivity contribution in [3.05, 3.63) is 134 Å². The number of halogens is 5. The molecule has 0 atom stereocenters. The van der Waals surface area contributed by atoms with E-state index in [4.69, 9.17) is 38.0 Å². The summed E-state index contributed by atoms with van der Waals surface area (Å²) in [7, 11) is -2.52. The van der Waals surface area contributed by atoms with Gasteiger partial charge in [-0.1, -0.05) is 53.1 Å². The number of rotatable bonds is 6. The minimum Gasteiger partial charge on any atom is -0.507 e. The first kappa shape index (κ1) is 63.2. The van der Waals surface area contributed by atoms with E-state index in [0.717, 1.165) is 91.1 Å². The minimum atomic E-state index is -1.04. The fraction of sp³-hybridized carbons (Fsp3) is 0.492. The largest absolute Gasteiger partial charge is 0.507 e. The molecule has 22 heteroatoms. The summed E-state index contributed by atoms with van der Waals surface area (Å²) in [5.41, 5.74) is 3.41. The molecule has 6 aromatic rings. The summed E-state index contributed by atoms with van der Waals surface area (Å²) in [6.45, 7) is 25.9. The molecule has 4 aliphatic heterocycles. The number of aliphatic imine (C=N–C) groups is 1. The molecule has 4 aliphatic carbocycles. The molecule has 4 aromatic carbocycles. The SMILES string of the molecule is CC1(C)OB(B2OC(C)(C)C(C)(C)O2)OC1(C)C.CC1(C)OB(c2cc(F)cc3c2ccn3C2CC2)OC1(C)C.Fc1cc(Br)c2c(c1)CC=C2.Fc1cc(Br)c2ccn(C3CC3)c2c1.OB(O)C1CC1.Oc1ccccc1C1=NCCN1. The second kappa shape index (κ2) is 24.4. The lowest BCUT2D eigenvalue weighted by Gasteiger charge is -2.32. The Labute approximate surface area is 504 Å². The zero-order chi connectivity index (χ0) is 60.2. The quantitative estimate of drug-likeness (QED) is 0.119. The van der Waals surface area contributed by atoms with Gasteiger partial charge in [-0.05, 0) is 220 Å². The average molecular weight is 1270 g/mol. The molecule has 8 aliphatic rings. The van der Waals surface area contributed by atoms with E-state index in [0.29, 0.717) is 12.1 Å². The van der Waals surface area contributed by atoms with Gasteiger partial charge in [0.25, 0.3) is 0 Å². The second-order valence-corrected chi connectivity index (χ2v) is 27.2. The van der Waals surface area contributed by atoms with Gasteiger partial charge in [-0.15, -0.1) is 0 Å². The highest BCUT2D eigenvalue weighted by molar-refractivity contribution is 9.11. The van der Waals surface area contributed by atoms with Gasteiger partial charge in [-0.25, -0.2) is 13.2 Å². The summed E-state index contributed by atoms with van der Waals surface area (Å²) >= 11 is 6.68. The molecular formula is C61H77B4Br2F3N4O9. The first-order valence-corrected chi connectivity index (χ1v) is 30.4. The Kier molecular flexibility index (Phi) is 18.6. The number of nitrogens with one attached hydrogen (secondary N) is 1. The number of amidine groups is 1. The average Bonchev–Trinajstić information content (AvgIpc) is 2.34. The molecule has 3 saturated carbocycles. The maximum absolute atomic E-state index is 14.2. The summed E-state index contributed by atoms with van der Waals surface area (Å²) in [5.74, 6) is 0.714. The van der Waals surface area contributed by atoms with Gasteiger partial charge in [0.1, 0.15) is 29.0 Å². The fourth-order valence-corrected chi connectivity index (χ4v) is 11.0. The van der Waals surface area contributed by atoms with Crippen molar-refractivity contribution in [2.45, 2.75) is 180 Å². The highest BCUT2D eigenvalue weighted by Gasteiger charge is 2.64. The Balaban J connectivity index is 0.000000124. The van der Waals surface area contributed by atoms with Crippen molar-refractivity contribution in [1.29, 1.82) is 0 Å². The van der Waals surface area contributed by atoms with Crippen LogP contribution in [0.3, 0.4) is 0 Å². The third-order valence-corrected chi connectivity index (χ3v) is 18.7. The predicted octanol–water partition coefficient (Wildman–Crippen LogP) is 13.1. The molecule has 13 nitrogen and oxygen atoms in total. The number of nitrogens with zero attached hydrogens (tertiary/aromatic N) is 3. The van der Waals surface area contributed by atoms with E-state index in [1.165, 1.54) is 37.8 Å². The van der Waals surface area contributed by atoms with Crippen LogP contribution in [0, 0.1) is 17.5 Å². The first-order valence-electron chi connectivity index (χ1n) is 28.8. The van der Waals surface area contributed by atoms with Crippen molar-refractivity contribution in [1.82, 2.24) is 14.5 Å². The third-order valence-electron chi connectivity index (χ3n) is 17.4. The lowest BCUT2D eigenvalue weighted by atomic mass is 9.49. The third kappa shape index (κ3) is 14.4. The Morgan fingerprint density at radius 2 is 1.07 bits per heavy atom. The highest BCUT2D eigenvalue weighted by Crippen LogP contribution is 2.45. The van der Waals surface area contributed by atoms with Gasteiger partial charge < -0.3 is 57.5 Å². The van der Waals surface area contributed by atoms with Crippen LogP contribution in [0.2, 0.25) is 5.82 Å². The topological polar surface area (TPSA) is 150 Å². The highest BCUT2D eigenvalue weighted by atomic mass is 79.9. The normalized spacial score (nSPS) is 21.5. The summed E-state index contributed by atoms with van der Waals surface area (Å²) in [6, 6.07) is 21.8. The van der Waals surface area contributed by atoms with Crippen LogP contribution in [0.4, 0.5) is 13.2 Å². The number of phenolic OH excluding ortho intramolecular Hbond substituents is 1. The second-order valence-electron chi connectivity index (χ2n) is 25.5. The molecule has 0 unspecified atom stereocenters. The molecule has 14 rings (SSSR count). The molecule has 83 heavy (non-hydrogen) atoms. The zero-order valence-corrected chi connectivity index (χ0v) is 52.8. The van der Waals surface area contributed by atoms with Crippen LogP contribution in [-0.2, 0) is 34.3 Å². The van der Waals surface area contributed by atoms with E-state index in [2.05, 4.69) is 57.5 Å². The number of fused-ring (bicyclic) bond motifs is 3. The number of para-hydroxylation sites is 1. The first-order chi connectivity index (χ1) is 38.9. The van der Waals surface area contributed by atoms with E-state index < -0.39 is 39.5 Å². The van der Waals surface area contributed by atoms with Crippen LogP contribution < -0.4 is 10.8 Å². The summed E-state index contributed by atoms with van der Waals surface area (Å²) in [4.78, 5) is 4.21. The van der Waals surface area contributed by atoms with Crippen molar-refractivity contribution in [3.63, 3.8) is 0 Å². The number of hydrogen-bond donors (Lipinski definition) is 4. The van der Waals surface area contributed by atoms with Gasteiger partial charge in [0.2, 0.25) is 0 Å². The Morgan fingerprint density at radius 3 is 1.54 bits per heavy atom. The molecule has 0 amide bonds. The lowest BCUT2D eigenvalue weighted by Crippen LogP contribution is -2.41. The van der Waals surface area contributed by atoms with Crippen molar-refractivity contribution in [2.75, 3.05) is 13.1 Å². The summed E-state index contributed by atoms with van der Waals surface area (Å²) < 4.78 is 82.2. The van der Waals surface area contributed by atoms with Crippen LogP contribution in [0.15, 0.2) is 105 Å². The van der Waals surface area contributed by atoms with Gasteiger partial charge in [0.05, 0.1) is 56.7 Å². The lowest BCUT2D eigenvalue weighted by molar-refractivity contribution is 0.00578. The van der Waals surface area contributed by atoms with E-state index in [1.54, 1.807) is 36.4 Å². The van der Waals surface area contributed by atoms with Crippen molar-refractivity contribution in [3.8, 4) is 5.75 Å². The molecule has 2 aromatic heterocycles. The number of aromatic nitrogens is 2. The number of allylic oxidation sites excluding steroid dienone is 1. The van der Waals surface area contributed by atoms with Crippen molar-refractivity contribution in [2.24, 2.45) is 4.99 Å². The molecule has 0 bridgehead atoms. The van der Waals surface area contributed by atoms with E-state index in [-0.39, 0.29) is 51.4 Å². The van der Waals surface area contributed by atoms with Crippen molar-refractivity contribution >= 4 is 99.3 Å². The molecule has 442 valence electrons. The van der Waals surface area contributed by atoms with Gasteiger partial charge in [-0.2, -0.15) is 0 Å². The number of benzene rings is 4. The van der Waals surface area contributed by atoms with Gasteiger partial charge >= 0.3 is 28.3 Å². The predicted molar refractivity (Wildman–Crippen MR) is 333 cm³/mol. The molecular weight excluding hydrogens is 1190 g/mol. The van der Waals surface area contributed by atoms with Crippen LogP contribution in [0.1, 0.15) is 150 Å². The number of phenols is 1. The maximum Gasteiger partial charge on any atom is 0.495 e. The smallest absolute Gasteiger partial charge is 0.495 e. The standard InChI is InChI=1S/C17H21BFNO2.C12H24B2O4.C11H9BrFN.C9H6BrF.C9H10N2O.C3H7BO2/c1-16(2)17(3,4)22-18(21-16)14-9-11(19)10-15-13(14)7-8-20(15)12-5-6-12;1-9(2)10(3,4)16-13(15-9)14-17-11(5,6)12(7,8)18-14;12-10-5-7(13)6-11-9(10)3-4-14(11)8-1-2-8;10-9-5-7(11)4-6-2-1-3-8(6)9;12-8-4-2-1-3-7(8)9-10-5-6-11-9;5-4(6)3-1-2-3/h7-10,12H,5-6H2,1-4H3;1-8H3;3-6,8H,1-2H2;1,3-5H,2H2;1-4,12H,5-6H2,(H,10,11);3,5-6H,1-2H2. The van der Waals surface area contributed by atoms with Crippen molar-refractivity contribution < 1.29 is 56.3 Å². The van der Waals surface area contributed by atoms with Crippen LogP contribution in [0.25, 0.3) is 27.9 Å². The Hall–Kier alpha value is -4.34. The monoisotopic (exact) mass is 1270 g/mol. The van der Waals surface area contributed by atoms with E-state index in [1.807, 2.05) is 126 Å². The number of aromatic hydroxyl groups is 1. The van der Waals surface area contributed by atoms with Crippen LogP contribution in [0.5, 0.6) is 5.75 Å². The molecule has 4 N–H and O–H groups in total. The molecule has 6 fully saturated rings. The Bertz CT molecular complexity index is 3300. The summed E-state index contributed by atoms with van der Waals surface area (Å²) in [5, 5.41) is 31.2.